The summed E-state index contributed by atoms with van der Waals surface area (Å²) in [5, 5.41) is 3.33. The number of halogens is 1. The Morgan fingerprint density at radius 1 is 1.17 bits per heavy atom. The van der Waals surface area contributed by atoms with E-state index in [2.05, 4.69) is 10.3 Å². The highest BCUT2D eigenvalue weighted by Gasteiger charge is 2.13. The van der Waals surface area contributed by atoms with E-state index in [1.807, 2.05) is 25.1 Å². The summed E-state index contributed by atoms with van der Waals surface area (Å²) >= 11 is 8.47. The first-order valence-corrected chi connectivity index (χ1v) is 8.98. The van der Waals surface area contributed by atoms with Gasteiger partial charge in [0.05, 0.1) is 19.4 Å². The van der Waals surface area contributed by atoms with Crippen molar-refractivity contribution >= 4 is 61.3 Å². The zero-order chi connectivity index (χ0) is 16.4. The lowest BCUT2D eigenvalue weighted by atomic mass is 10.2. The van der Waals surface area contributed by atoms with Gasteiger partial charge in [0.15, 0.2) is 10.9 Å². The molecular weight excluding hydrogens is 352 g/mol. The number of hydrogen-bond donors (Lipinski definition) is 1. The maximum Gasteiger partial charge on any atom is 0.226 e. The predicted octanol–water partition coefficient (Wildman–Crippen LogP) is 4.92. The first-order chi connectivity index (χ1) is 11.0. The lowest BCUT2D eigenvalue weighted by Crippen LogP contribution is -2.13. The molecule has 0 aliphatic rings. The van der Waals surface area contributed by atoms with E-state index < -0.39 is 0 Å². The minimum Gasteiger partial charge on any atom is -0.302 e. The number of nitrogens with zero attached hydrogens (tertiary/aromatic N) is 1. The normalized spacial score (nSPS) is 10.9. The summed E-state index contributed by atoms with van der Waals surface area (Å²) in [5.74, 6) is -0.282. The third-order valence-electron chi connectivity index (χ3n) is 3.29. The van der Waals surface area contributed by atoms with Crippen LogP contribution in [0.25, 0.3) is 10.2 Å². The highest BCUT2D eigenvalue weighted by molar-refractivity contribution is 7.22. The van der Waals surface area contributed by atoms with Crippen LogP contribution in [0.2, 0.25) is 4.34 Å². The Labute approximate surface area is 146 Å². The summed E-state index contributed by atoms with van der Waals surface area (Å²) in [6.45, 7) is 1.98. The van der Waals surface area contributed by atoms with Crippen molar-refractivity contribution in [2.45, 2.75) is 19.8 Å². The lowest BCUT2D eigenvalue weighted by Gasteiger charge is -2.00. The Morgan fingerprint density at radius 2 is 2.00 bits per heavy atom. The molecule has 0 aliphatic carbocycles. The Hall–Kier alpha value is -1.76. The van der Waals surface area contributed by atoms with Crippen molar-refractivity contribution in [2.24, 2.45) is 0 Å². The lowest BCUT2D eigenvalue weighted by molar-refractivity contribution is -0.116. The van der Waals surface area contributed by atoms with E-state index in [0.29, 0.717) is 14.3 Å². The third-order valence-corrected chi connectivity index (χ3v) is 5.50. The van der Waals surface area contributed by atoms with E-state index in [4.69, 9.17) is 11.6 Å². The standard InChI is InChI=1S/C16H13ClN2O2S2/c1-9-3-2-4-12-15(9)19-16(23-12)18-14(21)8-5-10(20)11-6-7-13(17)22-11/h2-4,6-7H,5,8H2,1H3,(H,18,19,21). The number of ketones is 1. The predicted molar refractivity (Wildman–Crippen MR) is 95.9 cm³/mol. The fourth-order valence-corrected chi connectivity index (χ4v) is 4.11. The van der Waals surface area contributed by atoms with Crippen molar-refractivity contribution in [1.82, 2.24) is 4.98 Å². The van der Waals surface area contributed by atoms with Crippen LogP contribution in [0.4, 0.5) is 5.13 Å². The number of benzene rings is 1. The molecule has 2 heterocycles. The molecule has 4 nitrogen and oxygen atoms in total. The number of thiazole rings is 1. The van der Waals surface area contributed by atoms with Crippen LogP contribution >= 0.6 is 34.3 Å². The van der Waals surface area contributed by atoms with E-state index >= 15 is 0 Å². The second kappa shape index (κ2) is 6.78. The molecule has 3 aromatic rings. The first-order valence-electron chi connectivity index (χ1n) is 6.97. The molecule has 0 atom stereocenters. The summed E-state index contributed by atoms with van der Waals surface area (Å²) in [6, 6.07) is 9.29. The van der Waals surface area contributed by atoms with Crippen LogP contribution in [-0.2, 0) is 4.79 Å². The molecule has 0 unspecified atom stereocenters. The van der Waals surface area contributed by atoms with Gasteiger partial charge in [0.1, 0.15) is 0 Å². The van der Waals surface area contributed by atoms with Crippen LogP contribution in [0.5, 0.6) is 0 Å². The Morgan fingerprint density at radius 3 is 2.70 bits per heavy atom. The Kier molecular flexibility index (Phi) is 4.75. The number of aromatic nitrogens is 1. The number of thiophene rings is 1. The molecule has 0 saturated heterocycles. The molecule has 3 rings (SSSR count). The number of para-hydroxylation sites is 1. The van der Waals surface area contributed by atoms with E-state index in [9.17, 15) is 9.59 Å². The van der Waals surface area contributed by atoms with Crippen molar-refractivity contribution < 1.29 is 9.59 Å². The highest BCUT2D eigenvalue weighted by Crippen LogP contribution is 2.28. The van der Waals surface area contributed by atoms with E-state index in [-0.39, 0.29) is 24.5 Å². The van der Waals surface area contributed by atoms with Gasteiger partial charge in [-0.15, -0.1) is 11.3 Å². The number of rotatable bonds is 5. The van der Waals surface area contributed by atoms with Gasteiger partial charge in [0.2, 0.25) is 5.91 Å². The maximum atomic E-state index is 12.0. The number of amides is 1. The molecule has 0 bridgehead atoms. The number of nitrogens with one attached hydrogen (secondary N) is 1. The molecule has 1 amide bonds. The van der Waals surface area contributed by atoms with Crippen LogP contribution in [0, 0.1) is 6.92 Å². The van der Waals surface area contributed by atoms with Gasteiger partial charge in [-0.25, -0.2) is 4.98 Å². The molecule has 0 aliphatic heterocycles. The quantitative estimate of drug-likeness (QED) is 0.653. The second-order valence-electron chi connectivity index (χ2n) is 5.02. The highest BCUT2D eigenvalue weighted by atomic mass is 35.5. The van der Waals surface area contributed by atoms with Gasteiger partial charge in [-0.2, -0.15) is 0 Å². The number of anilines is 1. The largest absolute Gasteiger partial charge is 0.302 e. The van der Waals surface area contributed by atoms with Crippen molar-refractivity contribution in [3.63, 3.8) is 0 Å². The molecule has 0 saturated carbocycles. The SMILES string of the molecule is Cc1cccc2sc(NC(=O)CCC(=O)c3ccc(Cl)s3)nc12. The molecule has 118 valence electrons. The monoisotopic (exact) mass is 364 g/mol. The van der Waals surface area contributed by atoms with Crippen molar-refractivity contribution in [3.8, 4) is 0 Å². The van der Waals surface area contributed by atoms with Crippen molar-refractivity contribution in [3.05, 3.63) is 45.1 Å². The molecule has 1 N–H and O–H groups in total. The van der Waals surface area contributed by atoms with Crippen molar-refractivity contribution in [2.75, 3.05) is 5.32 Å². The minimum atomic E-state index is -0.210. The van der Waals surface area contributed by atoms with E-state index in [1.165, 1.54) is 22.7 Å². The van der Waals surface area contributed by atoms with E-state index in [1.54, 1.807) is 12.1 Å². The van der Waals surface area contributed by atoms with Gasteiger partial charge in [-0.3, -0.25) is 9.59 Å². The van der Waals surface area contributed by atoms with E-state index in [0.717, 1.165) is 15.8 Å². The zero-order valence-corrected chi connectivity index (χ0v) is 14.6. The fraction of sp³-hybridized carbons (Fsp3) is 0.188. The molecule has 0 radical (unpaired) electrons. The molecule has 2 aromatic heterocycles. The zero-order valence-electron chi connectivity index (χ0n) is 12.3. The van der Waals surface area contributed by atoms with Gasteiger partial charge < -0.3 is 5.32 Å². The molecule has 0 spiro atoms. The maximum absolute atomic E-state index is 12.0. The number of hydrogen-bond acceptors (Lipinski definition) is 5. The average Bonchev–Trinajstić information content (AvgIpc) is 3.11. The van der Waals surface area contributed by atoms with Crippen LogP contribution in [-0.4, -0.2) is 16.7 Å². The van der Waals surface area contributed by atoms with Gasteiger partial charge >= 0.3 is 0 Å². The van der Waals surface area contributed by atoms with Gasteiger partial charge in [-0.1, -0.05) is 35.1 Å². The summed E-state index contributed by atoms with van der Waals surface area (Å²) in [7, 11) is 0. The fourth-order valence-electron chi connectivity index (χ4n) is 2.14. The molecule has 1 aromatic carbocycles. The summed E-state index contributed by atoms with van der Waals surface area (Å²) in [6.07, 6.45) is 0.288. The summed E-state index contributed by atoms with van der Waals surface area (Å²) < 4.78 is 1.60. The minimum absolute atomic E-state index is 0.0720. The van der Waals surface area contributed by atoms with Gasteiger partial charge in [0, 0.05) is 12.8 Å². The number of carbonyl (C=O) groups excluding carboxylic acids is 2. The average molecular weight is 365 g/mol. The molecular formula is C16H13ClN2O2S2. The van der Waals surface area contributed by atoms with Crippen LogP contribution < -0.4 is 5.32 Å². The number of fused-ring (bicyclic) bond motifs is 1. The first kappa shape index (κ1) is 16.1. The topological polar surface area (TPSA) is 59.1 Å². The smallest absolute Gasteiger partial charge is 0.226 e. The number of carbonyl (C=O) groups is 2. The molecule has 7 heteroatoms. The van der Waals surface area contributed by atoms with Gasteiger partial charge in [-0.05, 0) is 30.7 Å². The Bertz CT molecular complexity index is 885. The van der Waals surface area contributed by atoms with Crippen LogP contribution in [0.15, 0.2) is 30.3 Å². The van der Waals surface area contributed by atoms with Crippen LogP contribution in [0.3, 0.4) is 0 Å². The van der Waals surface area contributed by atoms with Crippen molar-refractivity contribution in [1.29, 1.82) is 0 Å². The third kappa shape index (κ3) is 3.77. The number of Topliss-reactive ketones (excluding diaryl/α,β-unsaturated/α-hetero) is 1. The summed E-state index contributed by atoms with van der Waals surface area (Å²) in [5.41, 5.74) is 1.97. The summed E-state index contributed by atoms with van der Waals surface area (Å²) in [4.78, 5) is 29.0. The second-order valence-corrected chi connectivity index (χ2v) is 7.76. The van der Waals surface area contributed by atoms with Crippen LogP contribution in [0.1, 0.15) is 28.1 Å². The molecule has 23 heavy (non-hydrogen) atoms. The Balaban J connectivity index is 1.60. The number of aryl methyl sites for hydroxylation is 1. The van der Waals surface area contributed by atoms with Gasteiger partial charge in [0.25, 0.3) is 0 Å². The molecule has 0 fully saturated rings.